The van der Waals surface area contributed by atoms with Gasteiger partial charge in [-0.25, -0.2) is 0 Å². The Kier molecular flexibility index (Phi) is 3.71. The molecule has 0 unspecified atom stereocenters. The number of amides is 2. The van der Waals surface area contributed by atoms with E-state index in [0.29, 0.717) is 25.2 Å². The highest BCUT2D eigenvalue weighted by atomic mass is 16.5. The third-order valence-electron chi connectivity index (χ3n) is 6.07. The van der Waals surface area contributed by atoms with Gasteiger partial charge in [-0.15, -0.1) is 0 Å². The van der Waals surface area contributed by atoms with E-state index in [9.17, 15) is 14.4 Å². The highest BCUT2D eigenvalue weighted by molar-refractivity contribution is 5.94. The molecule has 3 aliphatic rings. The molecule has 2 aromatic rings. The molecule has 0 bridgehead atoms. The van der Waals surface area contributed by atoms with Crippen molar-refractivity contribution in [2.24, 2.45) is 0 Å². The maximum atomic E-state index is 13.1. The molecule has 0 radical (unpaired) electrons. The Balaban J connectivity index is 1.46. The zero-order chi connectivity index (χ0) is 19.5. The maximum absolute atomic E-state index is 13.1. The molecule has 3 fully saturated rings. The van der Waals surface area contributed by atoms with E-state index in [2.05, 4.69) is 4.98 Å². The summed E-state index contributed by atoms with van der Waals surface area (Å²) in [5.74, 6) is -0.247. The molecule has 7 heteroatoms. The zero-order valence-corrected chi connectivity index (χ0v) is 15.6. The molecule has 7 nitrogen and oxygen atoms in total. The lowest BCUT2D eigenvalue weighted by atomic mass is 10.1. The van der Waals surface area contributed by atoms with Crippen molar-refractivity contribution in [1.82, 2.24) is 14.8 Å². The predicted octanol–water partition coefficient (Wildman–Crippen LogP) is 1.60. The van der Waals surface area contributed by atoms with Gasteiger partial charge in [0.25, 0.3) is 5.91 Å². The second-order valence-electron chi connectivity index (χ2n) is 7.75. The first kappa shape index (κ1) is 17.2. The van der Waals surface area contributed by atoms with E-state index < -0.39 is 5.72 Å². The van der Waals surface area contributed by atoms with Crippen LogP contribution in [0.25, 0.3) is 0 Å². The molecule has 1 N–H and O–H groups in total. The number of carbonyl (C=O) groups excluding carboxylic acids is 2. The van der Waals surface area contributed by atoms with Gasteiger partial charge in [0, 0.05) is 30.8 Å². The molecule has 0 aliphatic carbocycles. The zero-order valence-electron chi connectivity index (χ0n) is 15.6. The summed E-state index contributed by atoms with van der Waals surface area (Å²) in [6.07, 6.45) is 0.638. The van der Waals surface area contributed by atoms with Gasteiger partial charge in [-0.3, -0.25) is 14.4 Å². The molecule has 1 aromatic carbocycles. The predicted molar refractivity (Wildman–Crippen MR) is 101 cm³/mol. The van der Waals surface area contributed by atoms with Crippen LogP contribution in [0.5, 0.6) is 0 Å². The number of hydrogen-bond acceptors (Lipinski definition) is 4. The van der Waals surface area contributed by atoms with Crippen molar-refractivity contribution in [1.29, 1.82) is 0 Å². The topological polar surface area (TPSA) is 82.7 Å². The first-order valence-electron chi connectivity index (χ1n) is 9.53. The van der Waals surface area contributed by atoms with Crippen LogP contribution in [-0.4, -0.2) is 51.5 Å². The summed E-state index contributed by atoms with van der Waals surface area (Å²) in [5.41, 5.74) is 0.947. The lowest BCUT2D eigenvalue weighted by Gasteiger charge is -2.32. The Labute approximate surface area is 161 Å². The van der Waals surface area contributed by atoms with Crippen molar-refractivity contribution in [3.63, 3.8) is 0 Å². The normalized spacial score (nSPS) is 28.5. The number of likely N-dealkylation sites (tertiary alicyclic amines) is 1. The Morgan fingerprint density at radius 1 is 1.21 bits per heavy atom. The Morgan fingerprint density at radius 3 is 2.75 bits per heavy atom. The summed E-state index contributed by atoms with van der Waals surface area (Å²) >= 11 is 0. The molecule has 4 heterocycles. The van der Waals surface area contributed by atoms with Crippen molar-refractivity contribution in [3.05, 3.63) is 69.6 Å². The average molecular weight is 379 g/mol. The van der Waals surface area contributed by atoms with Crippen molar-refractivity contribution >= 4 is 11.8 Å². The van der Waals surface area contributed by atoms with Crippen LogP contribution in [0, 0.1) is 6.92 Å². The summed E-state index contributed by atoms with van der Waals surface area (Å²) in [6, 6.07) is 12.3. The lowest BCUT2D eigenvalue weighted by molar-refractivity contribution is -0.138. The standard InChI is InChI=1S/C21H21N3O4/c1-13-9-15(25)10-16(22-13)20(27)23-8-7-21-18(23)11-19(26)24(21)12-17(28-21)14-5-3-2-4-6-14/h2-6,9-10,17-18H,7-8,11-12H2,1H3,(H,22,25)/t17-,18-,21+/m1/s1. The molecule has 144 valence electrons. The minimum atomic E-state index is -0.766. The summed E-state index contributed by atoms with van der Waals surface area (Å²) in [7, 11) is 0. The molecule has 1 aromatic heterocycles. The van der Waals surface area contributed by atoms with Gasteiger partial charge in [-0.05, 0) is 12.5 Å². The Bertz CT molecular complexity index is 1020. The van der Waals surface area contributed by atoms with Crippen molar-refractivity contribution in [3.8, 4) is 0 Å². The van der Waals surface area contributed by atoms with Gasteiger partial charge in [0.15, 0.2) is 11.2 Å². The number of nitrogens with one attached hydrogen (secondary N) is 1. The van der Waals surface area contributed by atoms with Crippen LogP contribution >= 0.6 is 0 Å². The van der Waals surface area contributed by atoms with Crippen LogP contribution in [0.3, 0.4) is 0 Å². The van der Waals surface area contributed by atoms with Gasteiger partial charge in [0.1, 0.15) is 11.8 Å². The van der Waals surface area contributed by atoms with E-state index in [1.54, 1.807) is 11.8 Å². The van der Waals surface area contributed by atoms with E-state index in [1.807, 2.05) is 35.2 Å². The molecule has 1 spiro atoms. The number of benzene rings is 1. The number of H-pyrrole nitrogens is 1. The quantitative estimate of drug-likeness (QED) is 0.859. The van der Waals surface area contributed by atoms with Crippen LogP contribution in [-0.2, 0) is 9.53 Å². The van der Waals surface area contributed by atoms with Crippen molar-refractivity contribution in [2.75, 3.05) is 13.1 Å². The van der Waals surface area contributed by atoms with E-state index in [-0.39, 0.29) is 41.5 Å². The summed E-state index contributed by atoms with van der Waals surface area (Å²) in [5, 5.41) is 0. The second kappa shape index (κ2) is 6.04. The smallest absolute Gasteiger partial charge is 0.270 e. The largest absolute Gasteiger partial charge is 0.354 e. The number of carbonyl (C=O) groups is 2. The fourth-order valence-electron chi connectivity index (χ4n) is 4.86. The number of pyridine rings is 1. The third kappa shape index (κ3) is 2.43. The number of aromatic nitrogens is 1. The fourth-order valence-corrected chi connectivity index (χ4v) is 4.86. The van der Waals surface area contributed by atoms with E-state index in [4.69, 9.17) is 4.74 Å². The van der Waals surface area contributed by atoms with Gasteiger partial charge < -0.3 is 19.5 Å². The number of hydrogen-bond donors (Lipinski definition) is 1. The van der Waals surface area contributed by atoms with Gasteiger partial charge >= 0.3 is 0 Å². The minimum Gasteiger partial charge on any atom is -0.354 e. The van der Waals surface area contributed by atoms with Crippen LogP contribution in [0.4, 0.5) is 0 Å². The number of ether oxygens (including phenoxy) is 1. The number of aryl methyl sites for hydroxylation is 1. The second-order valence-corrected chi connectivity index (χ2v) is 7.75. The molecule has 3 aliphatic heterocycles. The SMILES string of the molecule is Cc1cc(=O)cc(C(=O)N2CC[C@@]34O[C@@H](c5ccccc5)CN3C(=O)C[C@@H]24)[nH]1. The fraction of sp³-hybridized carbons (Fsp3) is 0.381. The Hall–Kier alpha value is -2.93. The van der Waals surface area contributed by atoms with Gasteiger partial charge in [-0.1, -0.05) is 30.3 Å². The molecule has 3 atom stereocenters. The highest BCUT2D eigenvalue weighted by Gasteiger charge is 2.65. The summed E-state index contributed by atoms with van der Waals surface area (Å²) in [6.45, 7) is 2.74. The van der Waals surface area contributed by atoms with Crippen molar-refractivity contribution < 1.29 is 14.3 Å². The van der Waals surface area contributed by atoms with Crippen molar-refractivity contribution in [2.45, 2.75) is 37.6 Å². The molecule has 28 heavy (non-hydrogen) atoms. The first-order valence-corrected chi connectivity index (χ1v) is 9.53. The van der Waals surface area contributed by atoms with Crippen LogP contribution in [0.2, 0.25) is 0 Å². The van der Waals surface area contributed by atoms with E-state index >= 15 is 0 Å². The molecule has 5 rings (SSSR count). The van der Waals surface area contributed by atoms with E-state index in [1.165, 1.54) is 12.1 Å². The monoisotopic (exact) mass is 379 g/mol. The number of nitrogens with zero attached hydrogens (tertiary/aromatic N) is 2. The van der Waals surface area contributed by atoms with Crippen LogP contribution < -0.4 is 5.43 Å². The van der Waals surface area contributed by atoms with Crippen LogP contribution in [0.15, 0.2) is 47.3 Å². The molecule has 3 saturated heterocycles. The molecular formula is C21H21N3O4. The summed E-state index contributed by atoms with van der Waals surface area (Å²) < 4.78 is 6.46. The lowest BCUT2D eigenvalue weighted by Crippen LogP contribution is -2.49. The number of aromatic amines is 1. The van der Waals surface area contributed by atoms with Gasteiger partial charge in [0.05, 0.1) is 19.0 Å². The average Bonchev–Trinajstić information content (AvgIpc) is 3.30. The minimum absolute atomic E-state index is 0.0127. The first-order chi connectivity index (χ1) is 13.5. The maximum Gasteiger partial charge on any atom is 0.270 e. The van der Waals surface area contributed by atoms with E-state index in [0.717, 1.165) is 5.56 Å². The Morgan fingerprint density at radius 2 is 2.00 bits per heavy atom. The molecule has 2 amide bonds. The van der Waals surface area contributed by atoms with Gasteiger partial charge in [0.2, 0.25) is 5.91 Å². The summed E-state index contributed by atoms with van der Waals surface area (Å²) in [4.78, 5) is 44.1. The molecule has 0 saturated carbocycles. The van der Waals surface area contributed by atoms with Gasteiger partial charge in [-0.2, -0.15) is 0 Å². The highest BCUT2D eigenvalue weighted by Crippen LogP contribution is 2.50. The third-order valence-corrected chi connectivity index (χ3v) is 6.07. The van der Waals surface area contributed by atoms with Crippen LogP contribution in [0.1, 0.15) is 40.7 Å². The number of rotatable bonds is 2. The molecular weight excluding hydrogens is 358 g/mol.